The van der Waals surface area contributed by atoms with E-state index in [2.05, 4.69) is 37.6 Å². The van der Waals surface area contributed by atoms with Gasteiger partial charge in [0.15, 0.2) is 0 Å². The lowest BCUT2D eigenvalue weighted by Crippen LogP contribution is -2.62. The number of halogens is 1. The van der Waals surface area contributed by atoms with Crippen LogP contribution in [-0.4, -0.2) is 81.6 Å². The van der Waals surface area contributed by atoms with Crippen molar-refractivity contribution in [2.75, 3.05) is 32.7 Å². The van der Waals surface area contributed by atoms with Gasteiger partial charge >= 0.3 is 0 Å². The highest BCUT2D eigenvalue weighted by Crippen LogP contribution is 2.29. The minimum atomic E-state index is -0.726. The van der Waals surface area contributed by atoms with Crippen molar-refractivity contribution in [3.63, 3.8) is 0 Å². The Balaban J connectivity index is 0.00000289. The third kappa shape index (κ3) is 5.60. The summed E-state index contributed by atoms with van der Waals surface area (Å²) in [5.74, 6) is -0.243. The molecular weight excluding hydrogens is 432 g/mol. The van der Waals surface area contributed by atoms with Crippen molar-refractivity contribution < 1.29 is 14.7 Å². The third-order valence-corrected chi connectivity index (χ3v) is 5.86. The van der Waals surface area contributed by atoms with Crippen molar-refractivity contribution in [1.29, 1.82) is 0 Å². The highest BCUT2D eigenvalue weighted by Gasteiger charge is 2.35. The number of β-amino-alcohol motifs (C(OH)–C–C–N with tert-alkyl or cyclic N) is 1. The summed E-state index contributed by atoms with van der Waals surface area (Å²) < 4.78 is 0. The molecule has 172 valence electrons. The van der Waals surface area contributed by atoms with Crippen molar-refractivity contribution >= 4 is 24.2 Å². The molecule has 0 spiro atoms. The quantitative estimate of drug-likeness (QED) is 0.547. The van der Waals surface area contributed by atoms with E-state index < -0.39 is 6.10 Å². The molecule has 4 rings (SSSR count). The summed E-state index contributed by atoms with van der Waals surface area (Å²) in [5.41, 5.74) is 2.77. The molecule has 2 atom stereocenters. The molecule has 3 heterocycles. The van der Waals surface area contributed by atoms with Crippen molar-refractivity contribution in [2.45, 2.75) is 31.7 Å². The van der Waals surface area contributed by atoms with Gasteiger partial charge in [-0.25, -0.2) is 9.97 Å². The first-order valence-corrected chi connectivity index (χ1v) is 10.6. The molecule has 0 aliphatic carbocycles. The lowest BCUT2D eigenvalue weighted by Gasteiger charge is -2.45. The summed E-state index contributed by atoms with van der Waals surface area (Å²) >= 11 is 0. The van der Waals surface area contributed by atoms with Crippen molar-refractivity contribution in [3.05, 3.63) is 59.7 Å². The molecule has 3 N–H and O–H groups in total. The molecule has 9 nitrogen and oxygen atoms in total. The van der Waals surface area contributed by atoms with E-state index in [4.69, 9.17) is 0 Å². The number of hydrogen-bond donors (Lipinski definition) is 3. The fourth-order valence-corrected chi connectivity index (χ4v) is 4.14. The van der Waals surface area contributed by atoms with Crippen LogP contribution in [0.25, 0.3) is 0 Å². The van der Waals surface area contributed by atoms with E-state index in [-0.39, 0.29) is 48.7 Å². The van der Waals surface area contributed by atoms with Gasteiger partial charge in [-0.2, -0.15) is 0 Å². The zero-order valence-corrected chi connectivity index (χ0v) is 18.8. The number of nitrogens with zero attached hydrogens (tertiary/aromatic N) is 4. The molecule has 0 bridgehead atoms. The van der Waals surface area contributed by atoms with Gasteiger partial charge in [0.2, 0.25) is 5.91 Å². The molecule has 2 aromatic rings. The number of carbonyl (C=O) groups excluding carboxylic acids is 2. The van der Waals surface area contributed by atoms with Crippen molar-refractivity contribution in [2.24, 2.45) is 0 Å². The van der Waals surface area contributed by atoms with Gasteiger partial charge in [0.05, 0.1) is 12.3 Å². The van der Waals surface area contributed by atoms with Crippen molar-refractivity contribution in [1.82, 2.24) is 30.4 Å². The van der Waals surface area contributed by atoms with Crippen LogP contribution in [0, 0.1) is 0 Å². The largest absolute Gasteiger partial charge is 0.390 e. The maximum absolute atomic E-state index is 12.2. The van der Waals surface area contributed by atoms with Gasteiger partial charge < -0.3 is 15.3 Å². The number of rotatable bonds is 7. The van der Waals surface area contributed by atoms with Crippen LogP contribution in [-0.2, 0) is 11.2 Å². The Morgan fingerprint density at radius 2 is 2.03 bits per heavy atom. The summed E-state index contributed by atoms with van der Waals surface area (Å²) in [6.45, 7) is 4.33. The Morgan fingerprint density at radius 1 is 1.25 bits per heavy atom. The van der Waals surface area contributed by atoms with Gasteiger partial charge in [0.1, 0.15) is 12.0 Å². The van der Waals surface area contributed by atoms with Crippen LogP contribution in [0.1, 0.15) is 34.7 Å². The Kier molecular flexibility index (Phi) is 8.14. The predicted molar refractivity (Wildman–Crippen MR) is 121 cm³/mol. The average Bonchev–Trinajstić information content (AvgIpc) is 2.75. The number of amides is 2. The van der Waals surface area contributed by atoms with Crippen LogP contribution in [0.15, 0.2) is 42.9 Å². The van der Waals surface area contributed by atoms with E-state index >= 15 is 0 Å². The van der Waals surface area contributed by atoms with E-state index in [0.29, 0.717) is 19.6 Å². The van der Waals surface area contributed by atoms with Gasteiger partial charge in [-0.1, -0.05) is 24.3 Å². The number of aromatic nitrogens is 2. The fourth-order valence-electron chi connectivity index (χ4n) is 4.14. The second-order valence-corrected chi connectivity index (χ2v) is 8.09. The van der Waals surface area contributed by atoms with Crippen LogP contribution < -0.4 is 10.6 Å². The Labute approximate surface area is 193 Å². The van der Waals surface area contributed by atoms with Crippen LogP contribution in [0.2, 0.25) is 0 Å². The number of aliphatic hydroxyl groups is 1. The first-order chi connectivity index (χ1) is 15.0. The van der Waals surface area contributed by atoms with E-state index in [1.807, 2.05) is 17.0 Å². The molecule has 1 fully saturated rings. The first kappa shape index (κ1) is 24.1. The SMILES string of the molecule is CC(=O)N1CC(N[C@@H]2c3ccccc3CCN2C[C@@H](O)CNC(=O)c2ccncn2)C1.Cl. The minimum Gasteiger partial charge on any atom is -0.390 e. The lowest BCUT2D eigenvalue weighted by atomic mass is 9.95. The summed E-state index contributed by atoms with van der Waals surface area (Å²) in [6, 6.07) is 10.1. The topological polar surface area (TPSA) is 111 Å². The molecule has 1 aromatic carbocycles. The van der Waals surface area contributed by atoms with Gasteiger partial charge in [-0.3, -0.25) is 19.8 Å². The van der Waals surface area contributed by atoms with Gasteiger partial charge in [0.25, 0.3) is 5.91 Å². The standard InChI is InChI=1S/C22H28N6O3.ClH/c1-15(29)28-11-17(12-28)26-21-19-5-3-2-4-16(19)7-9-27(21)13-18(30)10-24-22(31)20-6-8-23-14-25-20;/h2-6,8,14,17-18,21,26,30H,7,9-13H2,1H3,(H,24,31);1H/t18-,21-;/m0./s1. The molecule has 2 amide bonds. The Hall–Kier alpha value is -2.59. The number of fused-ring (bicyclic) bond motifs is 1. The number of carbonyl (C=O) groups is 2. The average molecular weight is 461 g/mol. The van der Waals surface area contributed by atoms with E-state index in [1.165, 1.54) is 29.7 Å². The molecule has 0 unspecified atom stereocenters. The highest BCUT2D eigenvalue weighted by molar-refractivity contribution is 5.92. The molecule has 32 heavy (non-hydrogen) atoms. The molecule has 0 saturated carbocycles. The molecule has 1 aromatic heterocycles. The van der Waals surface area contributed by atoms with E-state index in [0.717, 1.165) is 13.0 Å². The zero-order valence-electron chi connectivity index (χ0n) is 18.0. The normalized spacial score (nSPS) is 19.3. The fraction of sp³-hybridized carbons (Fsp3) is 0.455. The predicted octanol–water partition coefficient (Wildman–Crippen LogP) is 0.366. The van der Waals surface area contributed by atoms with Crippen LogP contribution in [0.5, 0.6) is 0 Å². The smallest absolute Gasteiger partial charge is 0.270 e. The lowest BCUT2D eigenvalue weighted by molar-refractivity contribution is -0.134. The maximum Gasteiger partial charge on any atom is 0.270 e. The third-order valence-electron chi connectivity index (χ3n) is 5.86. The molecule has 2 aliphatic heterocycles. The highest BCUT2D eigenvalue weighted by atomic mass is 35.5. The Bertz CT molecular complexity index is 925. The molecule has 2 aliphatic rings. The number of aliphatic hydroxyl groups excluding tert-OH is 1. The van der Waals surface area contributed by atoms with Crippen LogP contribution >= 0.6 is 12.4 Å². The van der Waals surface area contributed by atoms with Gasteiger partial charge in [-0.15, -0.1) is 12.4 Å². The van der Waals surface area contributed by atoms with Crippen molar-refractivity contribution in [3.8, 4) is 0 Å². The minimum absolute atomic E-state index is 0. The number of likely N-dealkylation sites (tertiary alicyclic amines) is 1. The van der Waals surface area contributed by atoms with Gasteiger partial charge in [-0.05, 0) is 23.6 Å². The monoisotopic (exact) mass is 460 g/mol. The van der Waals surface area contributed by atoms with E-state index in [1.54, 1.807) is 6.92 Å². The number of hydrogen-bond acceptors (Lipinski definition) is 7. The van der Waals surface area contributed by atoms with Gasteiger partial charge in [0, 0.05) is 51.9 Å². The zero-order chi connectivity index (χ0) is 21.8. The summed E-state index contributed by atoms with van der Waals surface area (Å²) in [5, 5.41) is 17.0. The first-order valence-electron chi connectivity index (χ1n) is 10.6. The molecule has 10 heteroatoms. The van der Waals surface area contributed by atoms with Crippen LogP contribution in [0.4, 0.5) is 0 Å². The second kappa shape index (κ2) is 10.8. The Morgan fingerprint density at radius 3 is 2.75 bits per heavy atom. The van der Waals surface area contributed by atoms with E-state index in [9.17, 15) is 14.7 Å². The maximum atomic E-state index is 12.2. The summed E-state index contributed by atoms with van der Waals surface area (Å²) in [4.78, 5) is 35.4. The molecule has 0 radical (unpaired) electrons. The summed E-state index contributed by atoms with van der Waals surface area (Å²) in [7, 11) is 0. The number of benzene rings is 1. The second-order valence-electron chi connectivity index (χ2n) is 8.09. The molecule has 1 saturated heterocycles. The number of nitrogens with one attached hydrogen (secondary N) is 2. The van der Waals surface area contributed by atoms with Crippen LogP contribution in [0.3, 0.4) is 0 Å². The molecular formula is C22H29ClN6O3. The summed E-state index contributed by atoms with van der Waals surface area (Å²) in [6.07, 6.45) is 2.96.